The van der Waals surface area contributed by atoms with Crippen molar-refractivity contribution >= 4 is 32.7 Å². The second kappa shape index (κ2) is 6.72. The van der Waals surface area contributed by atoms with Gasteiger partial charge in [0, 0.05) is 11.1 Å². The summed E-state index contributed by atoms with van der Waals surface area (Å²) < 4.78 is 11.6. The van der Waals surface area contributed by atoms with Crippen LogP contribution in [0.3, 0.4) is 0 Å². The number of benzene rings is 2. The minimum Gasteiger partial charge on any atom is -0.490 e. The van der Waals surface area contributed by atoms with Crippen molar-refractivity contribution in [2.75, 3.05) is 13.2 Å². The van der Waals surface area contributed by atoms with Gasteiger partial charge in [-0.1, -0.05) is 28.1 Å². The quantitative estimate of drug-likeness (QED) is 0.876. The summed E-state index contributed by atoms with van der Waals surface area (Å²) in [5.74, 6) is -0.387. The van der Waals surface area contributed by atoms with Gasteiger partial charge in [-0.05, 0) is 42.0 Å². The van der Waals surface area contributed by atoms with Crippen molar-refractivity contribution in [3.63, 3.8) is 0 Å². The summed E-state index contributed by atoms with van der Waals surface area (Å²) in [7, 11) is 0. The van der Waals surface area contributed by atoms with Crippen LogP contribution in [0.2, 0.25) is 0 Å². The van der Waals surface area contributed by atoms with Crippen LogP contribution in [0, 0.1) is 0 Å². The first-order valence-corrected chi connectivity index (χ1v) is 7.06. The number of carboxylic acid groups (broad SMARTS) is 1. The van der Waals surface area contributed by atoms with Crippen molar-refractivity contribution < 1.29 is 19.4 Å². The summed E-state index contributed by atoms with van der Waals surface area (Å²) in [6.45, 7) is 2.08. The average Bonchev–Trinajstić information content (AvgIpc) is 2.43. The molecule has 1 atom stereocenters. The van der Waals surface area contributed by atoms with Gasteiger partial charge in [-0.2, -0.15) is 0 Å². The highest BCUT2D eigenvalue weighted by atomic mass is 79.9. The first kappa shape index (κ1) is 14.8. The Morgan fingerprint density at radius 2 is 1.95 bits per heavy atom. The number of carboxylic acids is 1. The van der Waals surface area contributed by atoms with E-state index in [2.05, 4.69) is 15.9 Å². The van der Waals surface area contributed by atoms with E-state index in [4.69, 9.17) is 14.6 Å². The van der Waals surface area contributed by atoms with Crippen molar-refractivity contribution in [2.45, 2.75) is 13.0 Å². The van der Waals surface area contributed by atoms with E-state index in [9.17, 15) is 4.79 Å². The molecule has 0 heterocycles. The number of hydrogen-bond acceptors (Lipinski definition) is 3. The molecule has 0 radical (unpaired) electrons. The van der Waals surface area contributed by atoms with Gasteiger partial charge in [0.1, 0.15) is 12.4 Å². The van der Waals surface area contributed by atoms with Crippen molar-refractivity contribution in [3.05, 3.63) is 40.9 Å². The molecule has 5 heteroatoms. The number of carbonyl (C=O) groups is 1. The van der Waals surface area contributed by atoms with E-state index < -0.39 is 12.1 Å². The molecule has 0 spiro atoms. The van der Waals surface area contributed by atoms with Gasteiger partial charge in [0.2, 0.25) is 0 Å². The van der Waals surface area contributed by atoms with E-state index in [1.807, 2.05) is 36.4 Å². The van der Waals surface area contributed by atoms with E-state index in [-0.39, 0.29) is 6.61 Å². The van der Waals surface area contributed by atoms with Gasteiger partial charge in [-0.15, -0.1) is 0 Å². The molecule has 2 rings (SSSR count). The van der Waals surface area contributed by atoms with E-state index >= 15 is 0 Å². The molecule has 0 saturated carbocycles. The van der Waals surface area contributed by atoms with Gasteiger partial charge in [0.15, 0.2) is 6.10 Å². The Hall–Kier alpha value is -1.59. The van der Waals surface area contributed by atoms with Crippen LogP contribution in [0.4, 0.5) is 0 Å². The lowest BCUT2D eigenvalue weighted by Gasteiger charge is -2.14. The molecule has 2 aromatic rings. The molecule has 2 aromatic carbocycles. The Morgan fingerprint density at radius 3 is 2.65 bits per heavy atom. The minimum absolute atomic E-state index is 0.00872. The second-order valence-electron chi connectivity index (χ2n) is 4.25. The molecule has 0 aliphatic rings. The van der Waals surface area contributed by atoms with E-state index in [0.717, 1.165) is 15.2 Å². The Morgan fingerprint density at radius 1 is 1.25 bits per heavy atom. The third kappa shape index (κ3) is 3.71. The summed E-state index contributed by atoms with van der Waals surface area (Å²) in [6, 6.07) is 11.6. The largest absolute Gasteiger partial charge is 0.490 e. The van der Waals surface area contributed by atoms with Crippen molar-refractivity contribution in [1.82, 2.24) is 0 Å². The molecule has 0 bridgehead atoms. The van der Waals surface area contributed by atoms with Crippen molar-refractivity contribution in [2.24, 2.45) is 0 Å². The molecule has 0 aromatic heterocycles. The fraction of sp³-hybridized carbons (Fsp3) is 0.267. The van der Waals surface area contributed by atoms with Gasteiger partial charge >= 0.3 is 5.97 Å². The highest BCUT2D eigenvalue weighted by Crippen LogP contribution is 2.24. The van der Waals surface area contributed by atoms with Crippen LogP contribution in [0.1, 0.15) is 6.92 Å². The fourth-order valence-electron chi connectivity index (χ4n) is 1.85. The predicted molar refractivity (Wildman–Crippen MR) is 80.2 cm³/mol. The molecule has 0 aliphatic heterocycles. The molecule has 0 saturated heterocycles. The van der Waals surface area contributed by atoms with Crippen molar-refractivity contribution in [3.8, 4) is 5.75 Å². The van der Waals surface area contributed by atoms with E-state index in [1.165, 1.54) is 0 Å². The average molecular weight is 339 g/mol. The minimum atomic E-state index is -1.02. The number of fused-ring (bicyclic) bond motifs is 1. The fourth-order valence-corrected chi connectivity index (χ4v) is 2.23. The van der Waals surface area contributed by atoms with Crippen LogP contribution < -0.4 is 4.74 Å². The van der Waals surface area contributed by atoms with Gasteiger partial charge in [-0.25, -0.2) is 4.79 Å². The monoisotopic (exact) mass is 338 g/mol. The first-order valence-electron chi connectivity index (χ1n) is 6.26. The highest BCUT2D eigenvalue weighted by Gasteiger charge is 2.18. The lowest BCUT2D eigenvalue weighted by atomic mass is 10.1. The Kier molecular flexibility index (Phi) is 4.98. The van der Waals surface area contributed by atoms with E-state index in [0.29, 0.717) is 12.4 Å². The topological polar surface area (TPSA) is 55.8 Å². The van der Waals surface area contributed by atoms with Crippen LogP contribution >= 0.6 is 15.9 Å². The lowest BCUT2D eigenvalue weighted by Crippen LogP contribution is -2.30. The van der Waals surface area contributed by atoms with Gasteiger partial charge < -0.3 is 14.6 Å². The Labute approximate surface area is 125 Å². The standard InChI is InChI=1S/C15H15BrO4/c1-2-19-14(15(17)18)9-20-13-6-4-10-7-12(16)5-3-11(10)8-13/h3-8,14H,2,9H2,1H3,(H,17,18). The van der Waals surface area contributed by atoms with Crippen LogP contribution in [0.15, 0.2) is 40.9 Å². The maximum absolute atomic E-state index is 11.0. The van der Waals surface area contributed by atoms with Gasteiger partial charge in [0.25, 0.3) is 0 Å². The molecule has 0 amide bonds. The Balaban J connectivity index is 2.09. The predicted octanol–water partition coefficient (Wildman–Crippen LogP) is 3.47. The van der Waals surface area contributed by atoms with Crippen LogP contribution in [-0.4, -0.2) is 30.4 Å². The number of aliphatic carboxylic acids is 1. The molecule has 0 fully saturated rings. The summed E-state index contributed by atoms with van der Waals surface area (Å²) in [4.78, 5) is 11.0. The zero-order valence-corrected chi connectivity index (χ0v) is 12.6. The summed E-state index contributed by atoms with van der Waals surface area (Å²) in [5.41, 5.74) is 0. The number of hydrogen-bond donors (Lipinski definition) is 1. The highest BCUT2D eigenvalue weighted by molar-refractivity contribution is 9.10. The zero-order valence-electron chi connectivity index (χ0n) is 11.0. The maximum Gasteiger partial charge on any atom is 0.336 e. The van der Waals surface area contributed by atoms with Crippen LogP contribution in [0.25, 0.3) is 10.8 Å². The van der Waals surface area contributed by atoms with E-state index in [1.54, 1.807) is 6.92 Å². The lowest BCUT2D eigenvalue weighted by molar-refractivity contribution is -0.152. The van der Waals surface area contributed by atoms with Crippen LogP contribution in [0.5, 0.6) is 5.75 Å². The van der Waals surface area contributed by atoms with Gasteiger partial charge in [0.05, 0.1) is 0 Å². The summed E-state index contributed by atoms with van der Waals surface area (Å²) >= 11 is 3.42. The Bertz CT molecular complexity index is 612. The third-order valence-electron chi connectivity index (χ3n) is 2.82. The van der Waals surface area contributed by atoms with Crippen molar-refractivity contribution in [1.29, 1.82) is 0 Å². The second-order valence-corrected chi connectivity index (χ2v) is 5.16. The zero-order chi connectivity index (χ0) is 14.5. The molecular weight excluding hydrogens is 324 g/mol. The SMILES string of the molecule is CCOC(COc1ccc2cc(Br)ccc2c1)C(=O)O. The first-order chi connectivity index (χ1) is 9.60. The number of ether oxygens (including phenoxy) is 2. The third-order valence-corrected chi connectivity index (χ3v) is 3.31. The van der Waals surface area contributed by atoms with Crippen LogP contribution in [-0.2, 0) is 9.53 Å². The molecule has 1 unspecified atom stereocenters. The normalized spacial score (nSPS) is 12.3. The number of halogens is 1. The molecule has 1 N–H and O–H groups in total. The molecule has 20 heavy (non-hydrogen) atoms. The summed E-state index contributed by atoms with van der Waals surface area (Å²) in [5, 5.41) is 11.1. The maximum atomic E-state index is 11.0. The molecular formula is C15H15BrO4. The smallest absolute Gasteiger partial charge is 0.336 e. The summed E-state index contributed by atoms with van der Waals surface area (Å²) in [6.07, 6.45) is -0.944. The number of rotatable bonds is 6. The molecule has 106 valence electrons. The molecule has 4 nitrogen and oxygen atoms in total. The van der Waals surface area contributed by atoms with Gasteiger partial charge in [-0.3, -0.25) is 0 Å². The molecule has 0 aliphatic carbocycles.